The maximum atomic E-state index is 6.28. The van der Waals surface area contributed by atoms with Crippen LogP contribution >= 0.6 is 0 Å². The van der Waals surface area contributed by atoms with Gasteiger partial charge in [0, 0.05) is 16.3 Å². The van der Waals surface area contributed by atoms with Crippen LogP contribution in [0.3, 0.4) is 0 Å². The first-order valence-corrected chi connectivity index (χ1v) is 9.12. The van der Waals surface area contributed by atoms with E-state index >= 15 is 0 Å². The molecule has 2 nitrogen and oxygen atoms in total. The Kier molecular flexibility index (Phi) is 3.14. The highest BCUT2D eigenvalue weighted by Crippen LogP contribution is 2.46. The zero-order chi connectivity index (χ0) is 17.9. The van der Waals surface area contributed by atoms with Gasteiger partial charge in [-0.25, -0.2) is 4.98 Å². The predicted octanol–water partition coefficient (Wildman–Crippen LogP) is 6.75. The highest BCUT2D eigenvalue weighted by molar-refractivity contribution is 6.04. The molecule has 2 heteroatoms. The minimum absolute atomic E-state index is 0.225. The summed E-state index contributed by atoms with van der Waals surface area (Å²) in [6.45, 7) is 6.81. The van der Waals surface area contributed by atoms with E-state index in [0.717, 1.165) is 40.1 Å². The van der Waals surface area contributed by atoms with E-state index < -0.39 is 0 Å². The van der Waals surface area contributed by atoms with Crippen LogP contribution in [0.4, 0.5) is 0 Å². The van der Waals surface area contributed by atoms with Crippen molar-refractivity contribution in [1.29, 1.82) is 0 Å². The van der Waals surface area contributed by atoms with Crippen molar-refractivity contribution < 1.29 is 4.74 Å². The molecule has 0 atom stereocenters. The highest BCUT2D eigenvalue weighted by Gasteiger charge is 2.22. The quantitative estimate of drug-likeness (QED) is 0.337. The van der Waals surface area contributed by atoms with Crippen molar-refractivity contribution in [3.63, 3.8) is 0 Å². The monoisotopic (exact) mass is 339 g/mol. The second-order valence-corrected chi connectivity index (χ2v) is 8.32. The number of ether oxygens (including phenoxy) is 1. The zero-order valence-electron chi connectivity index (χ0n) is 15.3. The van der Waals surface area contributed by atoms with Crippen molar-refractivity contribution in [1.82, 2.24) is 4.98 Å². The Morgan fingerprint density at radius 3 is 2.46 bits per heavy atom. The third-order valence-corrected chi connectivity index (χ3v) is 4.98. The molecule has 0 aliphatic carbocycles. The lowest BCUT2D eigenvalue weighted by Crippen LogP contribution is -2.09. The topological polar surface area (TPSA) is 22.1 Å². The molecule has 0 saturated carbocycles. The molecule has 0 amide bonds. The van der Waals surface area contributed by atoms with Crippen LogP contribution in [0.15, 0.2) is 60.7 Å². The van der Waals surface area contributed by atoms with E-state index in [2.05, 4.69) is 69.3 Å². The molecular weight excluding hydrogens is 318 g/mol. The summed E-state index contributed by atoms with van der Waals surface area (Å²) < 4.78 is 6.28. The Labute approximate surface area is 153 Å². The van der Waals surface area contributed by atoms with E-state index in [1.807, 2.05) is 12.1 Å². The highest BCUT2D eigenvalue weighted by atomic mass is 16.5. The average Bonchev–Trinajstić information content (AvgIpc) is 2.60. The minimum atomic E-state index is 0.225. The molecule has 1 aliphatic rings. The molecule has 4 aromatic rings. The Hall–Kier alpha value is -2.87. The number of hydrogen-bond acceptors (Lipinski definition) is 2. The Balaban J connectivity index is 1.79. The standard InChI is InChI=1S/C24H21NO/c1-24(2,3)14-16-9-5-11-19-18(16)13-21-23(25-19)17-10-4-7-15-8-6-12-20(26-21)22(15)17/h4-13H,14H2,1-3H3. The van der Waals surface area contributed by atoms with Gasteiger partial charge in [-0.05, 0) is 41.0 Å². The van der Waals surface area contributed by atoms with Gasteiger partial charge in [0.05, 0.1) is 5.52 Å². The normalized spacial score (nSPS) is 12.9. The lowest BCUT2D eigenvalue weighted by molar-refractivity contribution is 0.412. The summed E-state index contributed by atoms with van der Waals surface area (Å²) in [7, 11) is 0. The molecule has 5 rings (SSSR count). The van der Waals surface area contributed by atoms with Gasteiger partial charge >= 0.3 is 0 Å². The van der Waals surface area contributed by atoms with E-state index in [1.54, 1.807) is 0 Å². The van der Waals surface area contributed by atoms with Crippen molar-refractivity contribution in [2.75, 3.05) is 0 Å². The van der Waals surface area contributed by atoms with Gasteiger partial charge in [0.25, 0.3) is 0 Å². The lowest BCUT2D eigenvalue weighted by atomic mass is 9.86. The fraction of sp³-hybridized carbons (Fsp3) is 0.208. The van der Waals surface area contributed by atoms with Crippen LogP contribution in [-0.2, 0) is 6.42 Å². The van der Waals surface area contributed by atoms with E-state index in [0.29, 0.717) is 0 Å². The minimum Gasteiger partial charge on any atom is -0.454 e. The molecule has 3 aromatic carbocycles. The third kappa shape index (κ3) is 2.37. The molecule has 0 saturated heterocycles. The molecule has 128 valence electrons. The van der Waals surface area contributed by atoms with Crippen molar-refractivity contribution in [2.24, 2.45) is 5.41 Å². The summed E-state index contributed by atoms with van der Waals surface area (Å²) in [6.07, 6.45) is 1.01. The fourth-order valence-corrected chi connectivity index (χ4v) is 3.94. The largest absolute Gasteiger partial charge is 0.454 e. The molecule has 2 heterocycles. The number of benzene rings is 3. The summed E-state index contributed by atoms with van der Waals surface area (Å²) in [6, 6.07) is 21.2. The van der Waals surface area contributed by atoms with Crippen LogP contribution in [0.2, 0.25) is 0 Å². The Bertz CT molecular complexity index is 1160. The molecule has 0 radical (unpaired) electrons. The van der Waals surface area contributed by atoms with Gasteiger partial charge in [-0.2, -0.15) is 0 Å². The summed E-state index contributed by atoms with van der Waals surface area (Å²) >= 11 is 0. The molecular formula is C24H21NO. The SMILES string of the molecule is CC(C)(C)Cc1cccc2nc3c(cc12)Oc1cccc2cccc-3c12. The van der Waals surface area contributed by atoms with Crippen LogP contribution < -0.4 is 4.74 Å². The van der Waals surface area contributed by atoms with Crippen molar-refractivity contribution in [3.8, 4) is 22.8 Å². The first-order chi connectivity index (χ1) is 12.5. The Morgan fingerprint density at radius 1 is 0.885 bits per heavy atom. The summed E-state index contributed by atoms with van der Waals surface area (Å²) in [5.74, 6) is 1.77. The van der Waals surface area contributed by atoms with E-state index in [4.69, 9.17) is 9.72 Å². The number of hydrogen-bond donors (Lipinski definition) is 0. The first kappa shape index (κ1) is 15.4. The lowest BCUT2D eigenvalue weighted by Gasteiger charge is -2.23. The van der Waals surface area contributed by atoms with Crippen molar-refractivity contribution in [3.05, 3.63) is 66.2 Å². The number of aromatic nitrogens is 1. The molecule has 1 aliphatic heterocycles. The number of nitrogens with zero attached hydrogens (tertiary/aromatic N) is 1. The van der Waals surface area contributed by atoms with Gasteiger partial charge in [-0.15, -0.1) is 0 Å². The summed E-state index contributed by atoms with van der Waals surface area (Å²) in [5, 5.41) is 3.53. The van der Waals surface area contributed by atoms with Gasteiger partial charge in [0.15, 0.2) is 5.75 Å². The molecule has 0 bridgehead atoms. The van der Waals surface area contributed by atoms with Crippen molar-refractivity contribution >= 4 is 21.7 Å². The van der Waals surface area contributed by atoms with Gasteiger partial charge in [0.2, 0.25) is 0 Å². The van der Waals surface area contributed by atoms with Gasteiger partial charge in [-0.3, -0.25) is 0 Å². The molecule has 0 fully saturated rings. The van der Waals surface area contributed by atoms with E-state index in [1.165, 1.54) is 16.3 Å². The fourth-order valence-electron chi connectivity index (χ4n) is 3.94. The maximum absolute atomic E-state index is 6.28. The molecule has 1 aromatic heterocycles. The third-order valence-electron chi connectivity index (χ3n) is 4.98. The molecule has 0 spiro atoms. The Morgan fingerprint density at radius 2 is 1.65 bits per heavy atom. The van der Waals surface area contributed by atoms with Crippen LogP contribution in [0.25, 0.3) is 32.9 Å². The van der Waals surface area contributed by atoms with Gasteiger partial charge < -0.3 is 4.74 Å². The van der Waals surface area contributed by atoms with E-state index in [-0.39, 0.29) is 5.41 Å². The average molecular weight is 339 g/mol. The first-order valence-electron chi connectivity index (χ1n) is 9.12. The van der Waals surface area contributed by atoms with Crippen LogP contribution in [0.5, 0.6) is 11.5 Å². The van der Waals surface area contributed by atoms with Crippen LogP contribution in [0.1, 0.15) is 26.3 Å². The predicted molar refractivity (Wildman–Crippen MR) is 108 cm³/mol. The smallest absolute Gasteiger partial charge is 0.154 e. The second kappa shape index (κ2) is 5.31. The number of fused-ring (bicyclic) bond motifs is 3. The maximum Gasteiger partial charge on any atom is 0.154 e. The number of rotatable bonds is 1. The second-order valence-electron chi connectivity index (χ2n) is 8.32. The van der Waals surface area contributed by atoms with Crippen LogP contribution in [0, 0.1) is 5.41 Å². The van der Waals surface area contributed by atoms with Crippen LogP contribution in [-0.4, -0.2) is 4.98 Å². The molecule has 0 N–H and O–H groups in total. The molecule has 0 unspecified atom stereocenters. The summed E-state index contributed by atoms with van der Waals surface area (Å²) in [4.78, 5) is 5.01. The zero-order valence-corrected chi connectivity index (χ0v) is 15.3. The number of pyridine rings is 1. The van der Waals surface area contributed by atoms with Crippen molar-refractivity contribution in [2.45, 2.75) is 27.2 Å². The summed E-state index contributed by atoms with van der Waals surface area (Å²) in [5.41, 5.74) is 4.68. The molecule has 26 heavy (non-hydrogen) atoms. The van der Waals surface area contributed by atoms with Gasteiger partial charge in [0.1, 0.15) is 11.4 Å². The van der Waals surface area contributed by atoms with E-state index in [9.17, 15) is 0 Å². The van der Waals surface area contributed by atoms with Gasteiger partial charge in [-0.1, -0.05) is 63.2 Å².